The number of nitrogens with zero attached hydrogens (tertiary/aromatic N) is 3. The Morgan fingerprint density at radius 3 is 2.46 bits per heavy atom. The zero-order chi connectivity index (χ0) is 19.0. The average molecular weight is 500 g/mol. The topological polar surface area (TPSA) is 100 Å². The standard InChI is InChI=1S/C16H32N6O2S.HI/c1-7-17-16(18-9-10-19-25(23,24)8-2)20-12(3)11-15-13(4)21-22(6)14(15)5;/h12,19H,7-11H2,1-6H3,(H2,17,18,20);1H. The average Bonchev–Trinajstić information content (AvgIpc) is 2.78. The zero-order valence-corrected chi connectivity index (χ0v) is 19.7. The van der Waals surface area contributed by atoms with Gasteiger partial charge in [-0.3, -0.25) is 9.67 Å². The summed E-state index contributed by atoms with van der Waals surface area (Å²) in [5.74, 6) is 0.764. The summed E-state index contributed by atoms with van der Waals surface area (Å²) < 4.78 is 27.3. The molecule has 152 valence electrons. The van der Waals surface area contributed by atoms with E-state index in [2.05, 4.69) is 39.3 Å². The van der Waals surface area contributed by atoms with Crippen molar-refractivity contribution in [3.05, 3.63) is 17.0 Å². The van der Waals surface area contributed by atoms with Crippen LogP contribution in [0.5, 0.6) is 0 Å². The van der Waals surface area contributed by atoms with Gasteiger partial charge in [0.05, 0.1) is 18.0 Å². The maximum Gasteiger partial charge on any atom is 0.211 e. The number of halogens is 1. The molecule has 1 rings (SSSR count). The van der Waals surface area contributed by atoms with Crippen molar-refractivity contribution in [2.24, 2.45) is 12.0 Å². The van der Waals surface area contributed by atoms with E-state index >= 15 is 0 Å². The Morgan fingerprint density at radius 1 is 1.31 bits per heavy atom. The van der Waals surface area contributed by atoms with E-state index in [0.29, 0.717) is 19.0 Å². The normalized spacial score (nSPS) is 13.2. The molecule has 0 aromatic carbocycles. The Balaban J connectivity index is 0.00000625. The third kappa shape index (κ3) is 8.21. The molecule has 0 aliphatic carbocycles. The second-order valence-electron chi connectivity index (χ2n) is 6.08. The highest BCUT2D eigenvalue weighted by molar-refractivity contribution is 14.0. The number of hydrogen-bond donors (Lipinski definition) is 3. The van der Waals surface area contributed by atoms with Gasteiger partial charge < -0.3 is 10.6 Å². The Hall–Kier alpha value is -0.880. The molecule has 0 aliphatic heterocycles. The van der Waals surface area contributed by atoms with E-state index in [1.165, 1.54) is 11.3 Å². The molecule has 0 radical (unpaired) electrons. The zero-order valence-electron chi connectivity index (χ0n) is 16.6. The molecule has 1 aromatic rings. The summed E-state index contributed by atoms with van der Waals surface area (Å²) in [5, 5.41) is 11.0. The van der Waals surface area contributed by atoms with Crippen molar-refractivity contribution in [1.29, 1.82) is 0 Å². The Labute approximate surface area is 174 Å². The first-order valence-electron chi connectivity index (χ1n) is 8.71. The maximum atomic E-state index is 11.4. The van der Waals surface area contributed by atoms with Crippen molar-refractivity contribution >= 4 is 40.0 Å². The van der Waals surface area contributed by atoms with Crippen molar-refractivity contribution in [2.45, 2.75) is 47.1 Å². The lowest BCUT2D eigenvalue weighted by Crippen LogP contribution is -2.43. The molecule has 0 fully saturated rings. The van der Waals surface area contributed by atoms with Crippen LogP contribution in [0.3, 0.4) is 0 Å². The van der Waals surface area contributed by atoms with E-state index in [1.807, 2.05) is 25.6 Å². The lowest BCUT2D eigenvalue weighted by atomic mass is 10.1. The first-order chi connectivity index (χ1) is 11.7. The number of aryl methyl sites for hydroxylation is 2. The molecule has 8 nitrogen and oxygen atoms in total. The van der Waals surface area contributed by atoms with Gasteiger partial charge in [-0.1, -0.05) is 0 Å². The Morgan fingerprint density at radius 2 is 1.96 bits per heavy atom. The number of sulfonamides is 1. The number of nitrogens with one attached hydrogen (secondary N) is 3. The predicted molar refractivity (Wildman–Crippen MR) is 118 cm³/mol. The SMILES string of the molecule is CCNC(=NCCNS(=O)(=O)CC)NC(C)Cc1c(C)nn(C)c1C.I. The van der Waals surface area contributed by atoms with Gasteiger partial charge in [0.2, 0.25) is 10.0 Å². The van der Waals surface area contributed by atoms with Crippen LogP contribution in [0.4, 0.5) is 0 Å². The fourth-order valence-electron chi connectivity index (χ4n) is 2.49. The summed E-state index contributed by atoms with van der Waals surface area (Å²) in [6.45, 7) is 11.2. The van der Waals surface area contributed by atoms with Crippen LogP contribution in [0, 0.1) is 13.8 Å². The second kappa shape index (κ2) is 11.8. The number of hydrogen-bond acceptors (Lipinski definition) is 4. The molecule has 0 saturated carbocycles. The van der Waals surface area contributed by atoms with Crippen molar-refractivity contribution < 1.29 is 8.42 Å². The van der Waals surface area contributed by atoms with E-state index in [0.717, 1.165) is 18.7 Å². The summed E-state index contributed by atoms with van der Waals surface area (Å²) in [4.78, 5) is 4.43. The van der Waals surface area contributed by atoms with Gasteiger partial charge in [-0.2, -0.15) is 5.10 Å². The molecular formula is C16H33IN6O2S. The number of rotatable bonds is 9. The largest absolute Gasteiger partial charge is 0.357 e. The minimum Gasteiger partial charge on any atom is -0.357 e. The van der Waals surface area contributed by atoms with Crippen molar-refractivity contribution in [1.82, 2.24) is 25.1 Å². The van der Waals surface area contributed by atoms with E-state index in [9.17, 15) is 8.42 Å². The van der Waals surface area contributed by atoms with E-state index in [-0.39, 0.29) is 35.8 Å². The number of aromatic nitrogens is 2. The molecule has 0 spiro atoms. The summed E-state index contributed by atoms with van der Waals surface area (Å²) >= 11 is 0. The molecule has 0 bridgehead atoms. The molecule has 1 atom stereocenters. The fourth-order valence-corrected chi connectivity index (χ4v) is 3.10. The van der Waals surface area contributed by atoms with Gasteiger partial charge in [-0.25, -0.2) is 13.1 Å². The van der Waals surface area contributed by atoms with Gasteiger partial charge >= 0.3 is 0 Å². The van der Waals surface area contributed by atoms with Gasteiger partial charge in [0.25, 0.3) is 0 Å². The Bertz CT molecular complexity index is 687. The minimum absolute atomic E-state index is 0. The van der Waals surface area contributed by atoms with Crippen LogP contribution < -0.4 is 15.4 Å². The highest BCUT2D eigenvalue weighted by Gasteiger charge is 2.14. The van der Waals surface area contributed by atoms with Crippen LogP contribution in [0.15, 0.2) is 4.99 Å². The highest BCUT2D eigenvalue weighted by Crippen LogP contribution is 2.14. The molecule has 1 unspecified atom stereocenters. The first-order valence-corrected chi connectivity index (χ1v) is 10.4. The highest BCUT2D eigenvalue weighted by atomic mass is 127. The molecule has 0 amide bonds. The summed E-state index contributed by atoms with van der Waals surface area (Å²) in [5.41, 5.74) is 3.46. The third-order valence-corrected chi connectivity index (χ3v) is 5.38. The van der Waals surface area contributed by atoms with Gasteiger partial charge in [0.1, 0.15) is 0 Å². The molecule has 26 heavy (non-hydrogen) atoms. The van der Waals surface area contributed by atoms with Crippen LogP contribution in [0.1, 0.15) is 37.7 Å². The van der Waals surface area contributed by atoms with Crippen LogP contribution in [0.2, 0.25) is 0 Å². The second-order valence-corrected chi connectivity index (χ2v) is 8.18. The summed E-state index contributed by atoms with van der Waals surface area (Å²) in [6.07, 6.45) is 0.846. The molecule has 3 N–H and O–H groups in total. The van der Waals surface area contributed by atoms with Crippen LogP contribution in [0.25, 0.3) is 0 Å². The number of aliphatic imine (C=N–C) groups is 1. The van der Waals surface area contributed by atoms with Gasteiger partial charge in [-0.05, 0) is 46.6 Å². The van der Waals surface area contributed by atoms with Crippen molar-refractivity contribution in [2.75, 3.05) is 25.4 Å². The number of guanidine groups is 1. The molecular weight excluding hydrogens is 467 g/mol. The fraction of sp³-hybridized carbons (Fsp3) is 0.750. The maximum absolute atomic E-state index is 11.4. The molecule has 1 heterocycles. The molecule has 10 heteroatoms. The quantitative estimate of drug-likeness (QED) is 0.204. The van der Waals surface area contributed by atoms with Gasteiger partial charge in [-0.15, -0.1) is 24.0 Å². The monoisotopic (exact) mass is 500 g/mol. The summed E-state index contributed by atoms with van der Waals surface area (Å²) in [6, 6.07) is 0.173. The minimum atomic E-state index is -3.17. The lowest BCUT2D eigenvalue weighted by Gasteiger charge is -2.18. The van der Waals surface area contributed by atoms with E-state index < -0.39 is 10.0 Å². The van der Waals surface area contributed by atoms with Crippen molar-refractivity contribution in [3.8, 4) is 0 Å². The van der Waals surface area contributed by atoms with Crippen LogP contribution in [-0.4, -0.2) is 55.6 Å². The van der Waals surface area contributed by atoms with Gasteiger partial charge in [0.15, 0.2) is 5.96 Å². The summed E-state index contributed by atoms with van der Waals surface area (Å²) in [7, 11) is -1.22. The van der Waals surface area contributed by atoms with E-state index in [1.54, 1.807) is 6.92 Å². The molecule has 0 aliphatic rings. The predicted octanol–water partition coefficient (Wildman–Crippen LogP) is 1.08. The van der Waals surface area contributed by atoms with Crippen LogP contribution >= 0.6 is 24.0 Å². The van der Waals surface area contributed by atoms with Crippen molar-refractivity contribution in [3.63, 3.8) is 0 Å². The molecule has 1 aromatic heterocycles. The smallest absolute Gasteiger partial charge is 0.211 e. The Kier molecular flexibility index (Phi) is 11.4. The van der Waals surface area contributed by atoms with Crippen LogP contribution in [-0.2, 0) is 23.5 Å². The van der Waals surface area contributed by atoms with E-state index in [4.69, 9.17) is 0 Å². The first kappa shape index (κ1) is 25.1. The third-order valence-electron chi connectivity index (χ3n) is 3.98. The lowest BCUT2D eigenvalue weighted by molar-refractivity contribution is 0.583. The molecule has 0 saturated heterocycles. The van der Waals surface area contributed by atoms with Gasteiger partial charge in [0, 0.05) is 31.9 Å².